The largest absolute Gasteiger partial charge is 0.325 e. The van der Waals surface area contributed by atoms with E-state index in [0.717, 1.165) is 30.8 Å². The van der Waals surface area contributed by atoms with Crippen molar-refractivity contribution in [3.8, 4) is 0 Å². The first-order valence-corrected chi connectivity index (χ1v) is 8.68. The van der Waals surface area contributed by atoms with Gasteiger partial charge in [-0.2, -0.15) is 0 Å². The molecule has 2 aliphatic rings. The maximum atomic E-state index is 13.2. The molecule has 1 aromatic carbocycles. The van der Waals surface area contributed by atoms with Gasteiger partial charge in [-0.3, -0.25) is 4.90 Å². The van der Waals surface area contributed by atoms with Gasteiger partial charge in [-0.05, 0) is 31.0 Å². The Morgan fingerprint density at radius 3 is 2.54 bits per heavy atom. The van der Waals surface area contributed by atoms with E-state index < -0.39 is 0 Å². The van der Waals surface area contributed by atoms with Crippen LogP contribution >= 0.6 is 0 Å². The molecule has 0 bridgehead atoms. The first kappa shape index (κ1) is 15.1. The fraction of sp³-hybridized carbons (Fsp3) is 0.421. The maximum absolute atomic E-state index is 13.2. The summed E-state index contributed by atoms with van der Waals surface area (Å²) in [6, 6.07) is 12.0. The molecule has 0 N–H and O–H groups in total. The van der Waals surface area contributed by atoms with E-state index in [1.54, 1.807) is 12.5 Å². The Balaban J connectivity index is 1.67. The molecule has 1 aliphatic carbocycles. The predicted octanol–water partition coefficient (Wildman–Crippen LogP) is 3.62. The average Bonchev–Trinajstić information content (AvgIpc) is 2.90. The third kappa shape index (κ3) is 2.64. The summed E-state index contributed by atoms with van der Waals surface area (Å²) in [5, 5.41) is 0. The quantitative estimate of drug-likeness (QED) is 0.867. The van der Waals surface area contributed by atoms with Crippen molar-refractivity contribution in [1.29, 1.82) is 0 Å². The summed E-state index contributed by atoms with van der Waals surface area (Å²) < 4.78 is 0. The van der Waals surface area contributed by atoms with E-state index >= 15 is 0 Å². The van der Waals surface area contributed by atoms with Gasteiger partial charge in [-0.1, -0.05) is 37.5 Å². The summed E-state index contributed by atoms with van der Waals surface area (Å²) in [6.45, 7) is 1.34. The molecule has 4 rings (SSSR count). The van der Waals surface area contributed by atoms with Gasteiger partial charge < -0.3 is 4.90 Å². The molecule has 5 nitrogen and oxygen atoms in total. The Hall–Kier alpha value is -2.43. The van der Waals surface area contributed by atoms with Crippen LogP contribution in [0.4, 0.5) is 10.5 Å². The summed E-state index contributed by atoms with van der Waals surface area (Å²) in [5.74, 6) is 0. The van der Waals surface area contributed by atoms with Crippen molar-refractivity contribution >= 4 is 11.7 Å². The lowest BCUT2D eigenvalue weighted by Crippen LogP contribution is -2.48. The van der Waals surface area contributed by atoms with Crippen molar-refractivity contribution in [2.24, 2.45) is 0 Å². The SMILES string of the molecule is O=C1N(c2ccccc2)CC2(CCCCC2)N1Cc1ccncn1. The van der Waals surface area contributed by atoms with Gasteiger partial charge in [-0.25, -0.2) is 14.8 Å². The number of nitrogens with zero attached hydrogens (tertiary/aromatic N) is 4. The van der Waals surface area contributed by atoms with Crippen LogP contribution in [0.15, 0.2) is 48.9 Å². The van der Waals surface area contributed by atoms with Crippen LogP contribution in [0.5, 0.6) is 0 Å². The van der Waals surface area contributed by atoms with E-state index in [2.05, 4.69) is 14.9 Å². The molecular formula is C19H22N4O. The minimum Gasteiger partial charge on any atom is -0.311 e. The lowest BCUT2D eigenvalue weighted by atomic mass is 9.81. The second kappa shape index (κ2) is 6.23. The number of anilines is 1. The van der Waals surface area contributed by atoms with Gasteiger partial charge in [0, 0.05) is 11.9 Å². The van der Waals surface area contributed by atoms with Crippen LogP contribution in [0.3, 0.4) is 0 Å². The van der Waals surface area contributed by atoms with Crippen LogP contribution in [0.25, 0.3) is 0 Å². The molecule has 5 heteroatoms. The minimum absolute atomic E-state index is 0.0594. The number of hydrogen-bond donors (Lipinski definition) is 0. The highest BCUT2D eigenvalue weighted by atomic mass is 16.2. The van der Waals surface area contributed by atoms with Crippen molar-refractivity contribution < 1.29 is 4.79 Å². The summed E-state index contributed by atoms with van der Waals surface area (Å²) >= 11 is 0. The van der Waals surface area contributed by atoms with Gasteiger partial charge in [0.15, 0.2) is 0 Å². The molecule has 0 unspecified atom stereocenters. The number of amides is 2. The highest BCUT2D eigenvalue weighted by Crippen LogP contribution is 2.41. The van der Waals surface area contributed by atoms with Crippen LogP contribution < -0.4 is 4.90 Å². The highest BCUT2D eigenvalue weighted by molar-refractivity contribution is 5.95. The topological polar surface area (TPSA) is 49.3 Å². The van der Waals surface area contributed by atoms with Gasteiger partial charge in [0.05, 0.1) is 24.3 Å². The molecule has 124 valence electrons. The van der Waals surface area contributed by atoms with Crippen molar-refractivity contribution in [2.45, 2.75) is 44.2 Å². The van der Waals surface area contributed by atoms with E-state index in [1.807, 2.05) is 41.3 Å². The minimum atomic E-state index is -0.0594. The Morgan fingerprint density at radius 1 is 1.04 bits per heavy atom. The number of carbonyl (C=O) groups is 1. The number of carbonyl (C=O) groups excluding carboxylic acids is 1. The van der Waals surface area contributed by atoms with Gasteiger partial charge >= 0.3 is 6.03 Å². The second-order valence-corrected chi connectivity index (χ2v) is 6.78. The molecule has 1 saturated heterocycles. The number of hydrogen-bond acceptors (Lipinski definition) is 3. The summed E-state index contributed by atoms with van der Waals surface area (Å²) in [6.07, 6.45) is 9.10. The van der Waals surface area contributed by atoms with Crippen molar-refractivity contribution in [2.75, 3.05) is 11.4 Å². The first-order chi connectivity index (χ1) is 11.8. The summed E-state index contributed by atoms with van der Waals surface area (Å²) in [7, 11) is 0. The van der Waals surface area contributed by atoms with Crippen molar-refractivity contribution in [3.05, 3.63) is 54.6 Å². The molecule has 24 heavy (non-hydrogen) atoms. The maximum Gasteiger partial charge on any atom is 0.325 e. The molecular weight excluding hydrogens is 300 g/mol. The second-order valence-electron chi connectivity index (χ2n) is 6.78. The van der Waals surface area contributed by atoms with Crippen LogP contribution in [-0.2, 0) is 6.54 Å². The Kier molecular flexibility index (Phi) is 3.92. The molecule has 0 radical (unpaired) electrons. The lowest BCUT2D eigenvalue weighted by Gasteiger charge is -2.39. The average molecular weight is 322 g/mol. The molecule has 2 fully saturated rings. The van der Waals surface area contributed by atoms with Crippen LogP contribution in [0.1, 0.15) is 37.8 Å². The zero-order chi connectivity index (χ0) is 16.4. The van der Waals surface area contributed by atoms with Gasteiger partial charge in [0.1, 0.15) is 6.33 Å². The summed E-state index contributed by atoms with van der Waals surface area (Å²) in [5.41, 5.74) is 1.83. The first-order valence-electron chi connectivity index (χ1n) is 8.68. The number of urea groups is 1. The lowest BCUT2D eigenvalue weighted by molar-refractivity contribution is 0.112. The van der Waals surface area contributed by atoms with E-state index in [9.17, 15) is 4.79 Å². The Morgan fingerprint density at radius 2 is 1.83 bits per heavy atom. The zero-order valence-electron chi connectivity index (χ0n) is 13.8. The number of benzene rings is 1. The monoisotopic (exact) mass is 322 g/mol. The molecule has 1 spiro atoms. The summed E-state index contributed by atoms with van der Waals surface area (Å²) in [4.78, 5) is 25.5. The molecule has 1 saturated carbocycles. The third-order valence-corrected chi connectivity index (χ3v) is 5.30. The van der Waals surface area contributed by atoms with Crippen LogP contribution in [-0.4, -0.2) is 33.0 Å². The van der Waals surface area contributed by atoms with E-state index in [-0.39, 0.29) is 11.6 Å². The van der Waals surface area contributed by atoms with Crippen LogP contribution in [0, 0.1) is 0 Å². The van der Waals surface area contributed by atoms with E-state index in [4.69, 9.17) is 0 Å². The van der Waals surface area contributed by atoms with Crippen molar-refractivity contribution in [3.63, 3.8) is 0 Å². The van der Waals surface area contributed by atoms with E-state index in [0.29, 0.717) is 6.54 Å². The van der Waals surface area contributed by atoms with Gasteiger partial charge in [0.2, 0.25) is 0 Å². The molecule has 2 amide bonds. The number of rotatable bonds is 3. The molecule has 1 aliphatic heterocycles. The molecule has 2 aromatic rings. The fourth-order valence-corrected chi connectivity index (χ4v) is 4.05. The van der Waals surface area contributed by atoms with Gasteiger partial charge in [0.25, 0.3) is 0 Å². The number of aromatic nitrogens is 2. The van der Waals surface area contributed by atoms with Crippen molar-refractivity contribution in [1.82, 2.24) is 14.9 Å². The van der Waals surface area contributed by atoms with E-state index in [1.165, 1.54) is 19.3 Å². The smallest absolute Gasteiger partial charge is 0.311 e. The predicted molar refractivity (Wildman–Crippen MR) is 92.6 cm³/mol. The zero-order valence-corrected chi connectivity index (χ0v) is 13.8. The Bertz CT molecular complexity index is 698. The van der Waals surface area contributed by atoms with Gasteiger partial charge in [-0.15, -0.1) is 0 Å². The number of para-hydroxylation sites is 1. The molecule has 0 atom stereocenters. The third-order valence-electron chi connectivity index (χ3n) is 5.30. The normalized spacial score (nSPS) is 19.9. The molecule has 1 aromatic heterocycles. The fourth-order valence-electron chi connectivity index (χ4n) is 4.05. The Labute approximate surface area is 142 Å². The standard InChI is InChI=1S/C19H22N4O/c24-18-22(17-7-3-1-4-8-17)14-19(10-5-2-6-11-19)23(18)13-16-9-12-20-15-21-16/h1,3-4,7-9,12,15H,2,5-6,10-11,13-14H2. The molecule has 2 heterocycles. The van der Waals surface area contributed by atoms with Crippen LogP contribution in [0.2, 0.25) is 0 Å². The highest BCUT2D eigenvalue weighted by Gasteiger charge is 2.50.